The molecule has 9 aromatic carbocycles. The number of furan rings is 1. The summed E-state index contributed by atoms with van der Waals surface area (Å²) in [5.74, 6) is 0.259. The molecule has 2 aliphatic rings. The Bertz CT molecular complexity index is 3560. The lowest BCUT2D eigenvalue weighted by Gasteiger charge is -2.36. The molecule has 60 heavy (non-hydrogen) atoms. The Kier molecular flexibility index (Phi) is 7.17. The standard InChI is InChI=1S/C58H37NO/c1-2-17-36(18-3-1)54-41-21-4-6-23-43(41)56(44-24-7-5-22-42(44)54)50-30-16-29-49-40-34-33-37(35-53(40)60-58(49)50)55-45-25-8-10-27-47(45)57(48-28-11-9-26-46(48)55)59-51-31-14-12-19-38(51)39-20-13-15-32-52(39)59/h1-35,43,56H. The van der Waals surface area contributed by atoms with Gasteiger partial charge in [0.1, 0.15) is 11.2 Å². The molecule has 0 bridgehead atoms. The quantitative estimate of drug-likeness (QED) is 0.163. The fourth-order valence-electron chi connectivity index (χ4n) is 10.8. The third-order valence-corrected chi connectivity index (χ3v) is 13.2. The summed E-state index contributed by atoms with van der Waals surface area (Å²) in [5.41, 5.74) is 15.6. The molecule has 0 spiro atoms. The molecule has 2 heteroatoms. The highest BCUT2D eigenvalue weighted by Crippen LogP contribution is 2.52. The van der Waals surface area contributed by atoms with Gasteiger partial charge in [-0.3, -0.25) is 0 Å². The highest BCUT2D eigenvalue weighted by atomic mass is 16.3. The first kappa shape index (κ1) is 33.3. The Balaban J connectivity index is 1.03. The number of hydrogen-bond acceptors (Lipinski definition) is 1. The molecule has 2 aliphatic carbocycles. The van der Waals surface area contributed by atoms with Crippen LogP contribution in [0.4, 0.5) is 0 Å². The molecule has 280 valence electrons. The molecule has 2 unspecified atom stereocenters. The van der Waals surface area contributed by atoms with Crippen molar-refractivity contribution >= 4 is 70.9 Å². The molecule has 2 aromatic heterocycles. The van der Waals surface area contributed by atoms with Gasteiger partial charge >= 0.3 is 0 Å². The van der Waals surface area contributed by atoms with Gasteiger partial charge in [0.25, 0.3) is 0 Å². The smallest absolute Gasteiger partial charge is 0.139 e. The van der Waals surface area contributed by atoms with Crippen LogP contribution in [0.5, 0.6) is 0 Å². The Morgan fingerprint density at radius 2 is 1.03 bits per heavy atom. The minimum absolute atomic E-state index is 0.0925. The lowest BCUT2D eigenvalue weighted by atomic mass is 9.66. The molecule has 0 aliphatic heterocycles. The average Bonchev–Trinajstić information content (AvgIpc) is 3.86. The van der Waals surface area contributed by atoms with Crippen LogP contribution >= 0.6 is 0 Å². The first-order valence-electron chi connectivity index (χ1n) is 20.9. The van der Waals surface area contributed by atoms with Crippen LogP contribution in [-0.4, -0.2) is 4.57 Å². The monoisotopic (exact) mass is 763 g/mol. The first-order chi connectivity index (χ1) is 29.8. The second-order valence-corrected chi connectivity index (χ2v) is 16.3. The summed E-state index contributed by atoms with van der Waals surface area (Å²) >= 11 is 0. The predicted octanol–water partition coefficient (Wildman–Crippen LogP) is 15.3. The number of hydrogen-bond donors (Lipinski definition) is 0. The average molecular weight is 764 g/mol. The summed E-state index contributed by atoms with van der Waals surface area (Å²) in [7, 11) is 0. The van der Waals surface area contributed by atoms with Gasteiger partial charge in [0.15, 0.2) is 0 Å². The first-order valence-corrected chi connectivity index (χ1v) is 20.9. The number of para-hydroxylation sites is 3. The summed E-state index contributed by atoms with van der Waals surface area (Å²) in [6, 6.07) is 68.9. The number of benzene rings is 9. The minimum Gasteiger partial charge on any atom is -0.456 e. The van der Waals surface area contributed by atoms with Crippen molar-refractivity contribution in [3.05, 3.63) is 240 Å². The molecule has 13 rings (SSSR count). The lowest BCUT2D eigenvalue weighted by Crippen LogP contribution is -2.23. The predicted molar refractivity (Wildman–Crippen MR) is 251 cm³/mol. The summed E-state index contributed by atoms with van der Waals surface area (Å²) in [4.78, 5) is 0. The minimum atomic E-state index is 0.0925. The van der Waals surface area contributed by atoms with Crippen LogP contribution < -0.4 is 0 Å². The zero-order valence-corrected chi connectivity index (χ0v) is 32.7. The van der Waals surface area contributed by atoms with Gasteiger partial charge in [-0.05, 0) is 74.0 Å². The Morgan fingerprint density at radius 1 is 0.433 bits per heavy atom. The van der Waals surface area contributed by atoms with Crippen LogP contribution in [0.15, 0.2) is 222 Å². The Morgan fingerprint density at radius 3 is 1.77 bits per heavy atom. The van der Waals surface area contributed by atoms with E-state index in [1.807, 2.05) is 0 Å². The molecule has 0 amide bonds. The topological polar surface area (TPSA) is 18.1 Å². The van der Waals surface area contributed by atoms with Gasteiger partial charge < -0.3 is 8.98 Å². The van der Waals surface area contributed by atoms with Crippen molar-refractivity contribution in [1.82, 2.24) is 4.57 Å². The van der Waals surface area contributed by atoms with Gasteiger partial charge in [-0.25, -0.2) is 0 Å². The van der Waals surface area contributed by atoms with Gasteiger partial charge in [-0.2, -0.15) is 0 Å². The molecular weight excluding hydrogens is 727 g/mol. The highest BCUT2D eigenvalue weighted by Gasteiger charge is 2.37. The number of aromatic nitrogens is 1. The van der Waals surface area contributed by atoms with E-state index in [9.17, 15) is 0 Å². The van der Waals surface area contributed by atoms with E-state index < -0.39 is 0 Å². The van der Waals surface area contributed by atoms with Crippen LogP contribution in [0.3, 0.4) is 0 Å². The molecule has 0 radical (unpaired) electrons. The van der Waals surface area contributed by atoms with Crippen LogP contribution in [-0.2, 0) is 0 Å². The summed E-state index contributed by atoms with van der Waals surface area (Å²) in [6.07, 6.45) is 9.11. The molecule has 2 nitrogen and oxygen atoms in total. The Hall–Kier alpha value is -7.68. The van der Waals surface area contributed by atoms with E-state index in [4.69, 9.17) is 4.42 Å². The van der Waals surface area contributed by atoms with Crippen LogP contribution in [0.1, 0.15) is 28.2 Å². The number of allylic oxidation sites excluding steroid dienone is 5. The maximum absolute atomic E-state index is 7.15. The van der Waals surface area contributed by atoms with E-state index in [0.717, 1.165) is 27.5 Å². The van der Waals surface area contributed by atoms with Crippen molar-refractivity contribution in [3.8, 4) is 16.8 Å². The summed E-state index contributed by atoms with van der Waals surface area (Å²) in [6.45, 7) is 0. The molecular formula is C58H37NO. The van der Waals surface area contributed by atoms with Crippen molar-refractivity contribution in [2.24, 2.45) is 5.92 Å². The fraction of sp³-hybridized carbons (Fsp3) is 0.0345. The van der Waals surface area contributed by atoms with Crippen molar-refractivity contribution in [3.63, 3.8) is 0 Å². The number of rotatable bonds is 4. The highest BCUT2D eigenvalue weighted by molar-refractivity contribution is 6.21. The summed E-state index contributed by atoms with van der Waals surface area (Å²) < 4.78 is 9.63. The van der Waals surface area contributed by atoms with E-state index in [1.54, 1.807) is 0 Å². The second kappa shape index (κ2) is 12.9. The normalized spacial score (nSPS) is 16.1. The van der Waals surface area contributed by atoms with Crippen LogP contribution in [0.25, 0.3) is 87.7 Å². The molecule has 0 fully saturated rings. The van der Waals surface area contributed by atoms with Crippen molar-refractivity contribution in [1.29, 1.82) is 0 Å². The Labute approximate surface area is 347 Å². The molecule has 11 aromatic rings. The van der Waals surface area contributed by atoms with E-state index in [2.05, 4.69) is 217 Å². The number of nitrogens with zero attached hydrogens (tertiary/aromatic N) is 1. The second-order valence-electron chi connectivity index (χ2n) is 16.3. The van der Waals surface area contributed by atoms with Crippen LogP contribution in [0.2, 0.25) is 0 Å². The lowest BCUT2D eigenvalue weighted by molar-refractivity contribution is 0.619. The summed E-state index contributed by atoms with van der Waals surface area (Å²) in [5, 5.41) is 9.67. The molecule has 0 saturated heterocycles. The molecule has 0 N–H and O–H groups in total. The maximum Gasteiger partial charge on any atom is 0.139 e. The van der Waals surface area contributed by atoms with E-state index >= 15 is 0 Å². The maximum atomic E-state index is 7.15. The molecule has 0 saturated carbocycles. The number of fused-ring (bicyclic) bond motifs is 10. The van der Waals surface area contributed by atoms with Crippen molar-refractivity contribution in [2.45, 2.75) is 5.92 Å². The molecule has 2 heterocycles. The van der Waals surface area contributed by atoms with Crippen molar-refractivity contribution in [2.75, 3.05) is 0 Å². The van der Waals surface area contributed by atoms with Gasteiger partial charge in [0.2, 0.25) is 0 Å². The SMILES string of the molecule is C1=CC2=C(c3ccccc3)c3ccccc3C(c3cccc4c3oc3cc(-c5c6ccccc6c(-n6c7ccccc7c7ccccc76)c6ccccc56)ccc34)C2C=C1. The van der Waals surface area contributed by atoms with E-state index in [0.29, 0.717) is 0 Å². The van der Waals surface area contributed by atoms with Gasteiger partial charge in [0.05, 0.1) is 16.7 Å². The van der Waals surface area contributed by atoms with Crippen LogP contribution in [0, 0.1) is 5.92 Å². The largest absolute Gasteiger partial charge is 0.456 e. The van der Waals surface area contributed by atoms with E-state index in [1.165, 1.54) is 88.0 Å². The third-order valence-electron chi connectivity index (χ3n) is 13.2. The zero-order valence-electron chi connectivity index (χ0n) is 32.7. The van der Waals surface area contributed by atoms with Crippen molar-refractivity contribution < 1.29 is 4.42 Å². The zero-order chi connectivity index (χ0) is 39.3. The van der Waals surface area contributed by atoms with Gasteiger partial charge in [-0.1, -0.05) is 188 Å². The fourth-order valence-corrected chi connectivity index (χ4v) is 10.8. The van der Waals surface area contributed by atoms with E-state index in [-0.39, 0.29) is 11.8 Å². The molecule has 2 atom stereocenters. The van der Waals surface area contributed by atoms with Gasteiger partial charge in [0, 0.05) is 49.7 Å². The van der Waals surface area contributed by atoms with Gasteiger partial charge in [-0.15, -0.1) is 0 Å². The third kappa shape index (κ3) is 4.70.